The highest BCUT2D eigenvalue weighted by molar-refractivity contribution is 6.11. The summed E-state index contributed by atoms with van der Waals surface area (Å²) in [5.74, 6) is 1.77. The zero-order valence-corrected chi connectivity index (χ0v) is 28.9. The Hall–Kier alpha value is -7.37. The summed E-state index contributed by atoms with van der Waals surface area (Å²) >= 11 is 0. The molecule has 0 saturated carbocycles. The van der Waals surface area contributed by atoms with Crippen LogP contribution in [0.3, 0.4) is 0 Å². The van der Waals surface area contributed by atoms with E-state index in [0.29, 0.717) is 17.5 Å². The lowest BCUT2D eigenvalue weighted by atomic mass is 10.00. The van der Waals surface area contributed by atoms with Crippen molar-refractivity contribution >= 4 is 54.6 Å². The fourth-order valence-corrected chi connectivity index (χ4v) is 7.61. The van der Waals surface area contributed by atoms with E-state index in [9.17, 15) is 0 Å². The number of rotatable bonds is 5. The number of fused-ring (bicyclic) bond motifs is 7. The molecule has 54 heavy (non-hydrogen) atoms. The molecule has 0 spiro atoms. The zero-order chi connectivity index (χ0) is 35.6. The molecular formula is C49H29N3O2. The van der Waals surface area contributed by atoms with Crippen LogP contribution in [0.15, 0.2) is 185 Å². The Kier molecular flexibility index (Phi) is 6.79. The van der Waals surface area contributed by atoms with Gasteiger partial charge in [-0.1, -0.05) is 133 Å². The van der Waals surface area contributed by atoms with Gasteiger partial charge in [0.05, 0.1) is 0 Å². The van der Waals surface area contributed by atoms with Gasteiger partial charge in [0.1, 0.15) is 22.3 Å². The van der Waals surface area contributed by atoms with Crippen molar-refractivity contribution < 1.29 is 8.83 Å². The summed E-state index contributed by atoms with van der Waals surface area (Å²) in [6.45, 7) is 0. The van der Waals surface area contributed by atoms with Crippen LogP contribution >= 0.6 is 0 Å². The summed E-state index contributed by atoms with van der Waals surface area (Å²) in [7, 11) is 0. The van der Waals surface area contributed by atoms with E-state index in [1.807, 2.05) is 36.4 Å². The first-order valence-electron chi connectivity index (χ1n) is 18.0. The lowest BCUT2D eigenvalue weighted by Gasteiger charge is -2.10. The van der Waals surface area contributed by atoms with Gasteiger partial charge in [0.25, 0.3) is 0 Å². The van der Waals surface area contributed by atoms with Crippen molar-refractivity contribution in [2.24, 2.45) is 0 Å². The third-order valence-electron chi connectivity index (χ3n) is 10.3. The van der Waals surface area contributed by atoms with Crippen LogP contribution in [-0.4, -0.2) is 15.0 Å². The maximum Gasteiger partial charge on any atom is 0.164 e. The number of benzene rings is 8. The number of hydrogen-bond acceptors (Lipinski definition) is 5. The number of furan rings is 2. The summed E-state index contributed by atoms with van der Waals surface area (Å²) < 4.78 is 12.7. The van der Waals surface area contributed by atoms with Gasteiger partial charge in [0.15, 0.2) is 17.5 Å². The van der Waals surface area contributed by atoms with Crippen LogP contribution in [0.4, 0.5) is 0 Å². The molecule has 0 amide bonds. The van der Waals surface area contributed by atoms with Gasteiger partial charge in [0.2, 0.25) is 0 Å². The lowest BCUT2D eigenvalue weighted by molar-refractivity contribution is 0.669. The van der Waals surface area contributed by atoms with E-state index in [1.165, 1.54) is 5.39 Å². The SMILES string of the molecule is c1ccc(-c2ccc(-c3nc(-c4cccc(-c5cccc6c5oc5ccccc56)c4)nc(-c4ccc5oc6cc7ccccc7cc6c5c4)n3)cc2)cc1. The van der Waals surface area contributed by atoms with Crippen molar-refractivity contribution in [2.45, 2.75) is 0 Å². The van der Waals surface area contributed by atoms with E-state index in [4.69, 9.17) is 23.8 Å². The second kappa shape index (κ2) is 12.1. The Balaban J connectivity index is 1.07. The van der Waals surface area contributed by atoms with E-state index in [1.54, 1.807) is 0 Å². The topological polar surface area (TPSA) is 65.0 Å². The van der Waals surface area contributed by atoms with Gasteiger partial charge < -0.3 is 8.83 Å². The number of aromatic nitrogens is 3. The van der Waals surface area contributed by atoms with Gasteiger partial charge in [-0.2, -0.15) is 0 Å². The molecule has 11 aromatic rings. The van der Waals surface area contributed by atoms with E-state index >= 15 is 0 Å². The molecule has 0 N–H and O–H groups in total. The quantitative estimate of drug-likeness (QED) is 0.180. The molecule has 3 aromatic heterocycles. The van der Waals surface area contributed by atoms with Gasteiger partial charge in [-0.3, -0.25) is 0 Å². The average molecular weight is 692 g/mol. The van der Waals surface area contributed by atoms with Crippen LogP contribution < -0.4 is 0 Å². The van der Waals surface area contributed by atoms with E-state index in [0.717, 1.165) is 88.2 Å². The number of para-hydroxylation sites is 2. The highest BCUT2D eigenvalue weighted by Crippen LogP contribution is 2.38. The first-order valence-corrected chi connectivity index (χ1v) is 18.0. The molecule has 0 fully saturated rings. The minimum absolute atomic E-state index is 0.587. The first-order chi connectivity index (χ1) is 26.7. The Morgan fingerprint density at radius 1 is 0.296 bits per heavy atom. The maximum atomic E-state index is 6.41. The summed E-state index contributed by atoms with van der Waals surface area (Å²) in [4.78, 5) is 15.3. The number of hydrogen-bond donors (Lipinski definition) is 0. The van der Waals surface area contributed by atoms with Gasteiger partial charge >= 0.3 is 0 Å². The predicted octanol–water partition coefficient (Wildman–Crippen LogP) is 13.2. The Labute approximate surface area is 309 Å². The van der Waals surface area contributed by atoms with Crippen LogP contribution in [0, 0.1) is 0 Å². The van der Waals surface area contributed by atoms with Gasteiger partial charge in [0, 0.05) is 43.8 Å². The second-order valence-corrected chi connectivity index (χ2v) is 13.6. The molecule has 0 bridgehead atoms. The third-order valence-corrected chi connectivity index (χ3v) is 10.3. The minimum Gasteiger partial charge on any atom is -0.456 e. The molecule has 8 aromatic carbocycles. The molecule has 11 rings (SSSR count). The van der Waals surface area contributed by atoms with Gasteiger partial charge in [-0.15, -0.1) is 0 Å². The maximum absolute atomic E-state index is 6.41. The molecule has 0 atom stereocenters. The fraction of sp³-hybridized carbons (Fsp3) is 0. The molecule has 0 aliphatic rings. The molecule has 5 nitrogen and oxygen atoms in total. The smallest absolute Gasteiger partial charge is 0.164 e. The average Bonchev–Trinajstić information content (AvgIpc) is 3.80. The standard InChI is InChI=1S/C49H29N3O2/c1-2-10-30(11-3-1)31-20-22-32(23-21-31)47-50-48(36-15-8-14-35(26-36)38-17-9-18-40-39-16-6-7-19-43(39)54-46(38)40)52-49(51-47)37-24-25-44-41(28-37)42-27-33-12-4-5-13-34(33)29-45(42)53-44/h1-29H. The van der Waals surface area contributed by atoms with E-state index < -0.39 is 0 Å². The van der Waals surface area contributed by atoms with Gasteiger partial charge in [-0.05, 0) is 69.9 Å². The van der Waals surface area contributed by atoms with Crippen molar-refractivity contribution in [3.63, 3.8) is 0 Å². The summed E-state index contributed by atoms with van der Waals surface area (Å²) in [5.41, 5.74) is 10.4. The molecule has 0 aliphatic heterocycles. The van der Waals surface area contributed by atoms with Crippen molar-refractivity contribution in [1.29, 1.82) is 0 Å². The Morgan fingerprint density at radius 2 is 0.852 bits per heavy atom. The van der Waals surface area contributed by atoms with Crippen LogP contribution in [0.2, 0.25) is 0 Å². The normalized spacial score (nSPS) is 11.7. The highest BCUT2D eigenvalue weighted by atomic mass is 16.3. The van der Waals surface area contributed by atoms with Crippen molar-refractivity contribution in [3.05, 3.63) is 176 Å². The lowest BCUT2D eigenvalue weighted by Crippen LogP contribution is -2.00. The van der Waals surface area contributed by atoms with Crippen LogP contribution in [0.1, 0.15) is 0 Å². The summed E-state index contributed by atoms with van der Waals surface area (Å²) in [5, 5.41) is 6.58. The summed E-state index contributed by atoms with van der Waals surface area (Å²) in [6, 6.07) is 60.5. The highest BCUT2D eigenvalue weighted by Gasteiger charge is 2.17. The minimum atomic E-state index is 0.587. The monoisotopic (exact) mass is 691 g/mol. The Bertz CT molecular complexity index is 3210. The van der Waals surface area contributed by atoms with E-state index in [-0.39, 0.29) is 0 Å². The van der Waals surface area contributed by atoms with Crippen molar-refractivity contribution in [1.82, 2.24) is 15.0 Å². The van der Waals surface area contributed by atoms with Crippen LogP contribution in [0.5, 0.6) is 0 Å². The Morgan fingerprint density at radius 3 is 1.69 bits per heavy atom. The molecule has 0 unspecified atom stereocenters. The predicted molar refractivity (Wildman–Crippen MR) is 219 cm³/mol. The molecule has 5 heteroatoms. The van der Waals surface area contributed by atoms with E-state index in [2.05, 4.69) is 140 Å². The first kappa shape index (κ1) is 30.3. The van der Waals surface area contributed by atoms with Crippen LogP contribution in [0.25, 0.3) is 111 Å². The summed E-state index contributed by atoms with van der Waals surface area (Å²) in [6.07, 6.45) is 0. The van der Waals surface area contributed by atoms with Crippen molar-refractivity contribution in [3.8, 4) is 56.4 Å². The molecule has 0 radical (unpaired) electrons. The zero-order valence-electron chi connectivity index (χ0n) is 28.9. The molecular weight excluding hydrogens is 663 g/mol. The van der Waals surface area contributed by atoms with Crippen molar-refractivity contribution in [2.75, 3.05) is 0 Å². The molecule has 0 saturated heterocycles. The molecule has 252 valence electrons. The van der Waals surface area contributed by atoms with Gasteiger partial charge in [-0.25, -0.2) is 15.0 Å². The fourth-order valence-electron chi connectivity index (χ4n) is 7.61. The van der Waals surface area contributed by atoms with Crippen LogP contribution in [-0.2, 0) is 0 Å². The second-order valence-electron chi connectivity index (χ2n) is 13.6. The number of nitrogens with zero attached hydrogens (tertiary/aromatic N) is 3. The molecule has 0 aliphatic carbocycles. The molecule has 3 heterocycles. The largest absolute Gasteiger partial charge is 0.456 e. The third kappa shape index (κ3) is 5.06.